The number of benzene rings is 3. The van der Waals surface area contributed by atoms with Gasteiger partial charge in [0.05, 0.1) is 31.2 Å². The summed E-state index contributed by atoms with van der Waals surface area (Å²) in [5.74, 6) is -2.20. The number of aliphatic hydroxyl groups is 2. The average molecular weight is 801 g/mol. The molecule has 2 aliphatic carbocycles. The van der Waals surface area contributed by atoms with E-state index in [1.54, 1.807) is 12.1 Å². The van der Waals surface area contributed by atoms with Gasteiger partial charge in [0, 0.05) is 22.0 Å². The minimum atomic E-state index is -3.00. The Morgan fingerprint density at radius 3 is 2.17 bits per heavy atom. The predicted molar refractivity (Wildman–Crippen MR) is 216 cm³/mol. The first-order valence-electron chi connectivity index (χ1n) is 19.2. The maximum Gasteiger partial charge on any atom is 0.261 e. The van der Waals surface area contributed by atoms with Crippen molar-refractivity contribution in [2.45, 2.75) is 96.2 Å². The number of nitrogens with zero attached hydrogens (tertiary/aromatic N) is 1. The number of fused-ring (bicyclic) bond motifs is 1. The van der Waals surface area contributed by atoms with Crippen LogP contribution in [0.25, 0.3) is 6.08 Å². The summed E-state index contributed by atoms with van der Waals surface area (Å²) in [5.41, 5.74) is 3.09. The topological polar surface area (TPSA) is 107 Å². The molecule has 0 aromatic heterocycles. The molecule has 9 heteroatoms. The van der Waals surface area contributed by atoms with E-state index in [2.05, 4.69) is 61.0 Å². The van der Waals surface area contributed by atoms with Gasteiger partial charge in [-0.05, 0) is 83.8 Å². The van der Waals surface area contributed by atoms with Crippen LogP contribution in [0.5, 0.6) is 5.75 Å². The van der Waals surface area contributed by atoms with Crippen LogP contribution in [0.4, 0.5) is 0 Å². The molecule has 0 unspecified atom stereocenters. The van der Waals surface area contributed by atoms with Crippen LogP contribution in [-0.4, -0.2) is 65.7 Å². The molecule has 2 fully saturated rings. The molecule has 6 rings (SSSR count). The van der Waals surface area contributed by atoms with Gasteiger partial charge in [-0.1, -0.05) is 128 Å². The normalized spacial score (nSPS) is 22.4. The van der Waals surface area contributed by atoms with E-state index in [1.165, 1.54) is 4.90 Å². The number of carbonyl (C=O) groups excluding carboxylic acids is 2. The van der Waals surface area contributed by atoms with E-state index >= 15 is 0 Å². The number of hydrogen-bond acceptors (Lipinski definition) is 6. The average Bonchev–Trinajstić information content (AvgIpc) is 3.40. The molecular weight excluding hydrogens is 746 g/mol. The molecule has 3 aromatic carbocycles. The summed E-state index contributed by atoms with van der Waals surface area (Å²) in [4.78, 5) is 30.1. The molecule has 3 N–H and O–H groups in total. The number of halogens is 1. The number of aliphatic hydroxyl groups excluding tert-OH is 2. The van der Waals surface area contributed by atoms with Gasteiger partial charge in [0.25, 0.3) is 8.32 Å². The molecule has 3 aromatic rings. The minimum Gasteiger partial charge on any atom is -0.507 e. The van der Waals surface area contributed by atoms with Crippen molar-refractivity contribution < 1.29 is 29.3 Å². The van der Waals surface area contributed by atoms with Crippen molar-refractivity contribution >= 4 is 52.5 Å². The van der Waals surface area contributed by atoms with E-state index in [9.17, 15) is 24.9 Å². The molecule has 1 saturated carbocycles. The fourth-order valence-corrected chi connectivity index (χ4v) is 14.2. The Hall–Kier alpha value is -3.34. The molecule has 4 atom stereocenters. The Bertz CT molecular complexity index is 1790. The van der Waals surface area contributed by atoms with Gasteiger partial charge in [0.2, 0.25) is 11.8 Å². The van der Waals surface area contributed by atoms with Crippen LogP contribution in [0.15, 0.2) is 100 Å². The molecule has 0 radical (unpaired) electrons. The fraction of sp³-hybridized carbons (Fsp3) is 0.455. The molecule has 0 bridgehead atoms. The zero-order valence-corrected chi connectivity index (χ0v) is 34.0. The lowest BCUT2D eigenvalue weighted by Gasteiger charge is -2.44. The lowest BCUT2D eigenvalue weighted by atomic mass is 9.68. The number of likely N-dealkylation sites (tertiary alicyclic amines) is 1. The molecule has 3 aliphatic rings. The van der Waals surface area contributed by atoms with Gasteiger partial charge in [-0.15, -0.1) is 0 Å². The van der Waals surface area contributed by atoms with E-state index in [4.69, 9.17) is 4.43 Å². The highest BCUT2D eigenvalue weighted by Crippen LogP contribution is 2.48. The number of aromatic hydroxyl groups is 1. The first-order chi connectivity index (χ1) is 25.4. The van der Waals surface area contributed by atoms with E-state index in [0.717, 1.165) is 58.1 Å². The lowest BCUT2D eigenvalue weighted by molar-refractivity contribution is -0.143. The van der Waals surface area contributed by atoms with Gasteiger partial charge >= 0.3 is 0 Å². The van der Waals surface area contributed by atoms with Gasteiger partial charge in [0.1, 0.15) is 5.75 Å². The Labute approximate surface area is 324 Å². The molecule has 1 saturated heterocycles. The van der Waals surface area contributed by atoms with E-state index in [1.807, 2.05) is 55.5 Å². The smallest absolute Gasteiger partial charge is 0.261 e. The van der Waals surface area contributed by atoms with Crippen LogP contribution in [0.1, 0.15) is 84.6 Å². The highest BCUT2D eigenvalue weighted by molar-refractivity contribution is 9.10. The maximum absolute atomic E-state index is 14.3. The summed E-state index contributed by atoms with van der Waals surface area (Å²) < 4.78 is 8.25. The highest BCUT2D eigenvalue weighted by atomic mass is 79.9. The van der Waals surface area contributed by atoms with Crippen LogP contribution in [0.3, 0.4) is 0 Å². The standard InChI is InChI=1S/C44H54BrNO6Si/c1-29(24-30-25-32(45)21-23-38(30)48)20-22-39(49)40-31(26-36-41(37(40)27-47)43(51)46(42(36)50)33-14-8-5-9-15-33)28-52-53(44(2,3)4,34-16-10-6-11-17-34)35-18-12-7-13-19-35/h6-7,10-13,16-19,21,23-25,33,36-37,39,41,47-49H,5,8-9,14-15,20,22,26-28H2,1-4H3/b29-24+/t36-,37+,39-,41-/m1/s1. The van der Waals surface area contributed by atoms with E-state index < -0.39 is 32.2 Å². The Morgan fingerprint density at radius 2 is 1.58 bits per heavy atom. The quantitative estimate of drug-likeness (QED) is 0.0995. The second kappa shape index (κ2) is 16.6. The number of allylic oxidation sites excluding steroid dienone is 1. The van der Waals surface area contributed by atoms with Crippen LogP contribution in [-0.2, 0) is 14.0 Å². The summed E-state index contributed by atoms with van der Waals surface area (Å²) in [7, 11) is -3.00. The van der Waals surface area contributed by atoms with Crippen molar-refractivity contribution in [2.24, 2.45) is 17.8 Å². The number of carbonyl (C=O) groups is 2. The van der Waals surface area contributed by atoms with Crippen LogP contribution in [0, 0.1) is 17.8 Å². The zero-order chi connectivity index (χ0) is 37.9. The number of rotatable bonds is 12. The minimum absolute atomic E-state index is 0.110. The zero-order valence-electron chi connectivity index (χ0n) is 31.4. The van der Waals surface area contributed by atoms with Crippen molar-refractivity contribution in [1.29, 1.82) is 0 Å². The summed E-state index contributed by atoms with van der Waals surface area (Å²) in [6.07, 6.45) is 6.82. The molecular formula is C44H54BrNO6Si. The second-order valence-electron chi connectivity index (χ2n) is 16.2. The largest absolute Gasteiger partial charge is 0.507 e. The van der Waals surface area contributed by atoms with Gasteiger partial charge in [-0.2, -0.15) is 0 Å². The fourth-order valence-electron chi connectivity index (χ4n) is 9.27. The summed E-state index contributed by atoms with van der Waals surface area (Å²) in [6.45, 7) is 8.44. The van der Waals surface area contributed by atoms with Gasteiger partial charge in [-0.3, -0.25) is 14.5 Å². The van der Waals surface area contributed by atoms with Gasteiger partial charge in [0.15, 0.2) is 0 Å². The van der Waals surface area contributed by atoms with E-state index in [0.29, 0.717) is 30.4 Å². The molecule has 0 spiro atoms. The van der Waals surface area contributed by atoms with Crippen LogP contribution < -0.4 is 10.4 Å². The third-order valence-corrected chi connectivity index (χ3v) is 17.3. The van der Waals surface area contributed by atoms with E-state index in [-0.39, 0.29) is 41.9 Å². The summed E-state index contributed by atoms with van der Waals surface area (Å²) in [6, 6.07) is 25.9. The van der Waals surface area contributed by atoms with Crippen LogP contribution in [0.2, 0.25) is 5.04 Å². The number of imide groups is 1. The number of phenols is 1. The Morgan fingerprint density at radius 1 is 0.962 bits per heavy atom. The number of amides is 2. The third-order valence-electron chi connectivity index (χ3n) is 11.8. The molecule has 1 heterocycles. The molecule has 53 heavy (non-hydrogen) atoms. The molecule has 7 nitrogen and oxygen atoms in total. The predicted octanol–water partition coefficient (Wildman–Crippen LogP) is 7.52. The first-order valence-corrected chi connectivity index (χ1v) is 21.9. The number of phenolic OH excluding ortho intramolecular Hbond substituents is 1. The number of hydrogen-bond donors (Lipinski definition) is 3. The Kier molecular flexibility index (Phi) is 12.3. The third kappa shape index (κ3) is 7.92. The maximum atomic E-state index is 14.3. The van der Waals surface area contributed by atoms with Gasteiger partial charge < -0.3 is 19.7 Å². The summed E-state index contributed by atoms with van der Waals surface area (Å²) in [5, 5.41) is 35.7. The van der Waals surface area contributed by atoms with Crippen molar-refractivity contribution in [3.05, 3.63) is 106 Å². The SMILES string of the molecule is C/C(=C\c1cc(Br)ccc1O)CC[C@@H](O)C1=C(CO[Si](c2ccccc2)(c2ccccc2)C(C)(C)C)C[C@H]2C(=O)N(C3CCCCC3)C(=O)[C@H]2[C@H]1CO. The van der Waals surface area contributed by atoms with Crippen molar-refractivity contribution in [3.63, 3.8) is 0 Å². The van der Waals surface area contributed by atoms with Crippen molar-refractivity contribution in [1.82, 2.24) is 4.90 Å². The monoisotopic (exact) mass is 799 g/mol. The second-order valence-corrected chi connectivity index (χ2v) is 21.4. The summed E-state index contributed by atoms with van der Waals surface area (Å²) >= 11 is 3.48. The molecule has 2 amide bonds. The highest BCUT2D eigenvalue weighted by Gasteiger charge is 2.57. The lowest BCUT2D eigenvalue weighted by Crippen LogP contribution is -2.66. The van der Waals surface area contributed by atoms with Crippen molar-refractivity contribution in [3.8, 4) is 5.75 Å². The Balaban J connectivity index is 1.40. The van der Waals surface area contributed by atoms with Crippen molar-refractivity contribution in [2.75, 3.05) is 13.2 Å². The molecule has 282 valence electrons. The first kappa shape index (κ1) is 39.4. The molecule has 1 aliphatic heterocycles. The van der Waals surface area contributed by atoms with Crippen LogP contribution >= 0.6 is 15.9 Å². The van der Waals surface area contributed by atoms with Gasteiger partial charge in [-0.25, -0.2) is 0 Å².